The Hall–Kier alpha value is 0.500. The van der Waals surface area contributed by atoms with Gasteiger partial charge in [0.25, 0.3) is 0 Å². The zero-order valence-corrected chi connectivity index (χ0v) is 4.82. The lowest BCUT2D eigenvalue weighted by atomic mass is 13.2. The van der Waals surface area contributed by atoms with Crippen LogP contribution in [-0.4, -0.2) is 0 Å². The van der Waals surface area contributed by atoms with E-state index in [1.165, 1.54) is 0 Å². The van der Waals surface area contributed by atoms with Gasteiger partial charge in [-0.05, 0) is 5.64 Å². The van der Waals surface area contributed by atoms with E-state index >= 15 is 0 Å². The average Bonchev–Trinajstić information content (AvgIpc) is 1.69. The summed E-state index contributed by atoms with van der Waals surface area (Å²) in [6.07, 6.45) is 0. The summed E-state index contributed by atoms with van der Waals surface area (Å²) in [6, 6.07) is 0. The molecule has 0 rings (SSSR count). The summed E-state index contributed by atoms with van der Waals surface area (Å²) < 4.78 is 7.38. The van der Waals surface area contributed by atoms with Crippen molar-refractivity contribution in [1.29, 1.82) is 0 Å². The molecule has 1 N–H and O–H groups in total. The number of hydrogen-bond acceptors (Lipinski definition) is 7. The molecule has 0 aliphatic carbocycles. The lowest BCUT2D eigenvalue weighted by Gasteiger charge is -1.93. The molecule has 44 valence electrons. The Morgan fingerprint density at radius 2 is 1.43 bits per heavy atom. The molecule has 0 amide bonds. The zero-order valence-electron chi connectivity index (χ0n) is 3.03. The molecule has 0 fully saturated rings. The van der Waals surface area contributed by atoms with Crippen molar-refractivity contribution in [3.63, 3.8) is 0 Å². The first kappa shape index (κ1) is 7.50. The SMILES string of the molecule is SOONOOS. The second kappa shape index (κ2) is 6.50. The third-order valence-electron chi connectivity index (χ3n) is 0.143. The van der Waals surface area contributed by atoms with Crippen LogP contribution in [0.5, 0.6) is 0 Å². The quantitative estimate of drug-likeness (QED) is 0.171. The maximum atomic E-state index is 3.79. The van der Waals surface area contributed by atoms with Gasteiger partial charge in [0.15, 0.2) is 0 Å². The third kappa shape index (κ3) is 6.50. The minimum Gasteiger partial charge on any atom is -0.146 e. The van der Waals surface area contributed by atoms with E-state index in [0.29, 0.717) is 0 Å². The van der Waals surface area contributed by atoms with Crippen molar-refractivity contribution in [3.8, 4) is 0 Å². The first-order valence-corrected chi connectivity index (χ1v) is 1.84. The molecule has 0 aliphatic heterocycles. The average molecular weight is 145 g/mol. The minimum atomic E-state index is 1.69. The summed E-state index contributed by atoms with van der Waals surface area (Å²) >= 11 is 6.30. The lowest BCUT2D eigenvalue weighted by molar-refractivity contribution is -0.414. The van der Waals surface area contributed by atoms with Crippen LogP contribution < -0.4 is 5.64 Å². The van der Waals surface area contributed by atoms with Crippen molar-refractivity contribution in [2.75, 3.05) is 0 Å². The van der Waals surface area contributed by atoms with Crippen LogP contribution in [0.1, 0.15) is 0 Å². The Labute approximate surface area is 50.9 Å². The molecule has 0 aromatic heterocycles. The highest BCUT2D eigenvalue weighted by Crippen LogP contribution is 1.78. The van der Waals surface area contributed by atoms with Crippen molar-refractivity contribution in [3.05, 3.63) is 0 Å². The van der Waals surface area contributed by atoms with Gasteiger partial charge in [-0.1, -0.05) is 0 Å². The van der Waals surface area contributed by atoms with Crippen LogP contribution in [0.15, 0.2) is 0 Å². The van der Waals surface area contributed by atoms with Gasteiger partial charge in [0.2, 0.25) is 0 Å². The van der Waals surface area contributed by atoms with Crippen LogP contribution in [0, 0.1) is 0 Å². The molecular weight excluding hydrogens is 142 g/mol. The van der Waals surface area contributed by atoms with Gasteiger partial charge in [-0.15, -0.1) is 18.6 Å². The zero-order chi connectivity index (χ0) is 5.54. The van der Waals surface area contributed by atoms with Gasteiger partial charge in [0.1, 0.15) is 0 Å². The molecule has 0 radical (unpaired) electrons. The number of hydrogen-bond donors (Lipinski definition) is 3. The van der Waals surface area contributed by atoms with E-state index in [0.717, 1.165) is 0 Å². The van der Waals surface area contributed by atoms with Crippen LogP contribution in [0.2, 0.25) is 0 Å². The number of thiol groups is 2. The molecule has 5 nitrogen and oxygen atoms in total. The summed E-state index contributed by atoms with van der Waals surface area (Å²) in [6.45, 7) is 0. The Morgan fingerprint density at radius 1 is 1.00 bits per heavy atom. The summed E-state index contributed by atoms with van der Waals surface area (Å²) in [7, 11) is 0. The summed E-state index contributed by atoms with van der Waals surface area (Å²) in [5.41, 5.74) is 1.69. The Bertz CT molecular complexity index is 28.9. The fourth-order valence-electron chi connectivity index (χ4n) is 0.0443. The maximum Gasteiger partial charge on any atom is 0.0170 e. The fraction of sp³-hybridized carbons (Fsp3) is 0. The van der Waals surface area contributed by atoms with Crippen LogP contribution in [-0.2, 0) is 18.6 Å². The molecule has 0 atom stereocenters. The molecule has 7 heteroatoms. The van der Waals surface area contributed by atoms with Crippen molar-refractivity contribution in [2.24, 2.45) is 0 Å². The van der Waals surface area contributed by atoms with Crippen LogP contribution >= 0.6 is 25.8 Å². The van der Waals surface area contributed by atoms with E-state index in [1.807, 2.05) is 0 Å². The predicted molar refractivity (Wildman–Crippen MR) is 25.4 cm³/mol. The van der Waals surface area contributed by atoms with Gasteiger partial charge in [0.05, 0.1) is 0 Å². The van der Waals surface area contributed by atoms with E-state index in [9.17, 15) is 0 Å². The van der Waals surface area contributed by atoms with Crippen LogP contribution in [0.4, 0.5) is 0 Å². The molecule has 0 spiro atoms. The van der Waals surface area contributed by atoms with Gasteiger partial charge < -0.3 is 0 Å². The van der Waals surface area contributed by atoms with Gasteiger partial charge in [-0.2, -0.15) is 0 Å². The van der Waals surface area contributed by atoms with Crippen molar-refractivity contribution < 1.29 is 18.6 Å². The molecule has 0 saturated carbocycles. The predicted octanol–water partition coefficient (Wildman–Crippen LogP) is -0.00800. The Morgan fingerprint density at radius 3 is 1.71 bits per heavy atom. The molecule has 0 saturated heterocycles. The van der Waals surface area contributed by atoms with Crippen molar-refractivity contribution in [1.82, 2.24) is 5.64 Å². The normalized spacial score (nSPS) is 9.43. The van der Waals surface area contributed by atoms with E-state index in [-0.39, 0.29) is 0 Å². The second-order valence-electron chi connectivity index (χ2n) is 0.399. The first-order chi connectivity index (χ1) is 3.41. The van der Waals surface area contributed by atoms with Gasteiger partial charge >= 0.3 is 0 Å². The van der Waals surface area contributed by atoms with Gasteiger partial charge in [0, 0.05) is 25.8 Å². The van der Waals surface area contributed by atoms with Gasteiger partial charge in [-0.25, -0.2) is 0 Å². The molecule has 0 bridgehead atoms. The largest absolute Gasteiger partial charge is 0.146 e. The topological polar surface area (TPSA) is 49.0 Å². The number of nitrogens with one attached hydrogen (secondary N) is 1. The molecule has 0 aromatic rings. The smallest absolute Gasteiger partial charge is 0.0170 e. The monoisotopic (exact) mass is 145 g/mol. The molecule has 0 aromatic carbocycles. The number of rotatable bonds is 4. The van der Waals surface area contributed by atoms with E-state index in [4.69, 9.17) is 0 Å². The molecular formula is H3NO4S2. The van der Waals surface area contributed by atoms with E-state index < -0.39 is 0 Å². The van der Waals surface area contributed by atoms with Crippen molar-refractivity contribution >= 4 is 25.8 Å². The molecule has 0 heterocycles. The van der Waals surface area contributed by atoms with Crippen molar-refractivity contribution in [2.45, 2.75) is 0 Å². The maximum absolute atomic E-state index is 3.79. The first-order valence-electron chi connectivity index (χ1n) is 1.11. The summed E-state index contributed by atoms with van der Waals surface area (Å²) in [5, 5.41) is 0. The lowest BCUT2D eigenvalue weighted by Crippen LogP contribution is -2.10. The summed E-state index contributed by atoms with van der Waals surface area (Å²) in [5.74, 6) is 0. The second-order valence-corrected chi connectivity index (χ2v) is 0.697. The fourth-order valence-corrected chi connectivity index (χ4v) is 0.105. The summed E-state index contributed by atoms with van der Waals surface area (Å²) in [4.78, 5) is 7.58. The standard InChI is InChI=1S/H3NO4S2/c6-4-2-1-3-5-7/h1,6-7H. The Kier molecular flexibility index (Phi) is 6.96. The highest BCUT2D eigenvalue weighted by Gasteiger charge is 1.77. The van der Waals surface area contributed by atoms with Crippen LogP contribution in [0.25, 0.3) is 0 Å². The van der Waals surface area contributed by atoms with E-state index in [2.05, 4.69) is 44.5 Å². The molecule has 0 aliphatic rings. The molecule has 0 unspecified atom stereocenters. The highest BCUT2D eigenvalue weighted by molar-refractivity contribution is 7.75. The minimum absolute atomic E-state index is 1.69. The van der Waals surface area contributed by atoms with Crippen LogP contribution in [0.3, 0.4) is 0 Å². The van der Waals surface area contributed by atoms with Gasteiger partial charge in [-0.3, -0.25) is 0 Å². The molecule has 7 heavy (non-hydrogen) atoms. The third-order valence-corrected chi connectivity index (χ3v) is 0.292. The van der Waals surface area contributed by atoms with E-state index in [1.54, 1.807) is 5.64 Å². The Balaban J connectivity index is 2.45. The highest BCUT2D eigenvalue weighted by atomic mass is 32.1.